The zero-order valence-corrected chi connectivity index (χ0v) is 14.1. The molecule has 0 fully saturated rings. The van der Waals surface area contributed by atoms with Crippen LogP contribution in [0, 0.1) is 0 Å². The molecule has 0 radical (unpaired) electrons. The van der Waals surface area contributed by atoms with Crippen LogP contribution in [-0.2, 0) is 16.4 Å². The zero-order valence-electron chi connectivity index (χ0n) is 13.2. The molecule has 0 saturated heterocycles. The van der Waals surface area contributed by atoms with Crippen molar-refractivity contribution in [2.45, 2.75) is 17.4 Å². The van der Waals surface area contributed by atoms with Gasteiger partial charge >= 0.3 is 0 Å². The molecule has 0 saturated carbocycles. The Morgan fingerprint density at radius 3 is 2.79 bits per heavy atom. The highest BCUT2D eigenvalue weighted by Gasteiger charge is 2.28. The summed E-state index contributed by atoms with van der Waals surface area (Å²) in [6, 6.07) is 14.5. The fraction of sp³-hybridized carbons (Fsp3) is 0.222. The van der Waals surface area contributed by atoms with Crippen LogP contribution in [-0.4, -0.2) is 27.6 Å². The van der Waals surface area contributed by atoms with Gasteiger partial charge in [0.2, 0.25) is 10.0 Å². The molecule has 0 amide bonds. The second-order valence-corrected chi connectivity index (χ2v) is 7.33. The predicted molar refractivity (Wildman–Crippen MR) is 94.9 cm³/mol. The third-order valence-corrected chi connectivity index (χ3v) is 5.33. The second kappa shape index (κ2) is 7.07. The molecule has 0 unspecified atom stereocenters. The fourth-order valence-electron chi connectivity index (χ4n) is 2.65. The quantitative estimate of drug-likeness (QED) is 0.818. The summed E-state index contributed by atoms with van der Waals surface area (Å²) < 4.78 is 33.7. The van der Waals surface area contributed by atoms with E-state index in [9.17, 15) is 8.42 Å². The van der Waals surface area contributed by atoms with E-state index in [4.69, 9.17) is 4.74 Å². The molecule has 6 heteroatoms. The molecule has 1 heterocycles. The lowest BCUT2D eigenvalue weighted by Crippen LogP contribution is -2.38. The Hall–Kier alpha value is -2.31. The van der Waals surface area contributed by atoms with Gasteiger partial charge in [-0.05, 0) is 24.1 Å². The van der Waals surface area contributed by atoms with Crippen LogP contribution in [0.2, 0.25) is 0 Å². The first-order valence-corrected chi connectivity index (χ1v) is 9.25. The van der Waals surface area contributed by atoms with Crippen molar-refractivity contribution in [3.8, 4) is 5.75 Å². The average molecular weight is 344 g/mol. The van der Waals surface area contributed by atoms with Crippen molar-refractivity contribution in [2.75, 3.05) is 18.5 Å². The molecule has 3 rings (SSSR count). The summed E-state index contributed by atoms with van der Waals surface area (Å²) in [6.45, 7) is 4.53. The maximum Gasteiger partial charge on any atom is 0.244 e. The van der Waals surface area contributed by atoms with Crippen molar-refractivity contribution < 1.29 is 13.2 Å². The lowest BCUT2D eigenvalue weighted by atomic mass is 10.1. The normalized spacial score (nSPS) is 18.8. The fourth-order valence-corrected chi connectivity index (χ4v) is 4.00. The molecule has 5 nitrogen and oxygen atoms in total. The highest BCUT2D eigenvalue weighted by Crippen LogP contribution is 2.30. The van der Waals surface area contributed by atoms with Crippen LogP contribution in [0.4, 0.5) is 5.69 Å². The zero-order chi connectivity index (χ0) is 17.0. The van der Waals surface area contributed by atoms with E-state index in [-0.39, 0.29) is 17.5 Å². The van der Waals surface area contributed by atoms with E-state index < -0.39 is 10.0 Å². The number of fused-ring (bicyclic) bond motifs is 1. The van der Waals surface area contributed by atoms with E-state index in [0.29, 0.717) is 18.7 Å². The number of sulfonamides is 1. The number of hydrogen-bond acceptors (Lipinski definition) is 4. The van der Waals surface area contributed by atoms with Crippen LogP contribution in [0.15, 0.2) is 66.1 Å². The summed E-state index contributed by atoms with van der Waals surface area (Å²) in [6.07, 6.45) is 2.32. The molecule has 2 aromatic rings. The Bertz CT molecular complexity index is 819. The molecule has 2 N–H and O–H groups in total. The number of ether oxygens (including phenoxy) is 1. The summed E-state index contributed by atoms with van der Waals surface area (Å²) in [7, 11) is -3.61. The van der Waals surface area contributed by atoms with E-state index in [2.05, 4.69) is 16.6 Å². The molecular weight excluding hydrogens is 324 g/mol. The summed E-state index contributed by atoms with van der Waals surface area (Å²) >= 11 is 0. The second-order valence-electron chi connectivity index (χ2n) is 5.65. The number of anilines is 1. The van der Waals surface area contributed by atoms with Crippen LogP contribution >= 0.6 is 0 Å². The van der Waals surface area contributed by atoms with Gasteiger partial charge in [0.25, 0.3) is 0 Å². The minimum absolute atomic E-state index is 0.169. The van der Waals surface area contributed by atoms with Gasteiger partial charge in [-0.3, -0.25) is 0 Å². The Kier molecular flexibility index (Phi) is 4.87. The largest absolute Gasteiger partial charge is 0.490 e. The Labute approximate surface area is 142 Å². The van der Waals surface area contributed by atoms with Gasteiger partial charge in [0, 0.05) is 18.3 Å². The van der Waals surface area contributed by atoms with Gasteiger partial charge in [0.05, 0.1) is 6.04 Å². The molecule has 2 aromatic carbocycles. The van der Waals surface area contributed by atoms with Gasteiger partial charge < -0.3 is 10.1 Å². The van der Waals surface area contributed by atoms with Gasteiger partial charge in [-0.25, -0.2) is 13.1 Å². The molecule has 0 bridgehead atoms. The van der Waals surface area contributed by atoms with E-state index >= 15 is 0 Å². The average Bonchev–Trinajstić information content (AvgIpc) is 2.70. The van der Waals surface area contributed by atoms with E-state index in [1.165, 1.54) is 0 Å². The number of rotatable bonds is 5. The first-order valence-electron chi connectivity index (χ1n) is 7.76. The molecule has 24 heavy (non-hydrogen) atoms. The summed E-state index contributed by atoms with van der Waals surface area (Å²) in [4.78, 5) is 0.169. The molecular formula is C18H20N2O3S. The van der Waals surface area contributed by atoms with Crippen LogP contribution in [0.1, 0.15) is 5.56 Å². The molecule has 1 aliphatic heterocycles. The number of hydrogen-bond donors (Lipinski definition) is 2. The van der Waals surface area contributed by atoms with Crippen molar-refractivity contribution in [2.24, 2.45) is 0 Å². The van der Waals surface area contributed by atoms with Gasteiger partial charge in [-0.2, -0.15) is 0 Å². The Morgan fingerprint density at radius 2 is 2.04 bits per heavy atom. The maximum absolute atomic E-state index is 12.6. The molecule has 1 atom stereocenters. The molecule has 0 spiro atoms. The van der Waals surface area contributed by atoms with Gasteiger partial charge in [0.1, 0.15) is 17.3 Å². The lowest BCUT2D eigenvalue weighted by molar-refractivity contribution is 0.279. The monoisotopic (exact) mass is 344 g/mol. The third kappa shape index (κ3) is 3.77. The minimum Gasteiger partial charge on any atom is -0.490 e. The van der Waals surface area contributed by atoms with Crippen molar-refractivity contribution in [3.63, 3.8) is 0 Å². The Morgan fingerprint density at radius 1 is 1.25 bits per heavy atom. The van der Waals surface area contributed by atoms with Gasteiger partial charge in [-0.15, -0.1) is 6.58 Å². The summed E-state index contributed by atoms with van der Waals surface area (Å²) in [5.41, 5.74) is 1.86. The summed E-state index contributed by atoms with van der Waals surface area (Å²) in [5, 5.41) is 3.13. The maximum atomic E-state index is 12.6. The van der Waals surface area contributed by atoms with Crippen molar-refractivity contribution in [3.05, 3.63) is 66.7 Å². The number of benzene rings is 2. The molecule has 126 valence electrons. The van der Waals surface area contributed by atoms with Crippen molar-refractivity contribution in [1.29, 1.82) is 0 Å². The highest BCUT2D eigenvalue weighted by atomic mass is 32.2. The lowest BCUT2D eigenvalue weighted by Gasteiger charge is -2.14. The number of nitrogens with one attached hydrogen (secondary N) is 2. The van der Waals surface area contributed by atoms with E-state index in [0.717, 1.165) is 11.3 Å². The Balaban J connectivity index is 1.82. The van der Waals surface area contributed by atoms with Crippen molar-refractivity contribution >= 4 is 15.7 Å². The highest BCUT2D eigenvalue weighted by molar-refractivity contribution is 7.89. The van der Waals surface area contributed by atoms with Gasteiger partial charge in [0.15, 0.2) is 0 Å². The van der Waals surface area contributed by atoms with Crippen LogP contribution in [0.5, 0.6) is 5.75 Å². The molecule has 0 aromatic heterocycles. The first-order chi connectivity index (χ1) is 11.6. The topological polar surface area (TPSA) is 67.4 Å². The molecule has 0 aliphatic carbocycles. The minimum atomic E-state index is -3.61. The van der Waals surface area contributed by atoms with E-state index in [1.54, 1.807) is 24.3 Å². The van der Waals surface area contributed by atoms with Crippen LogP contribution in [0.25, 0.3) is 0 Å². The van der Waals surface area contributed by atoms with Crippen LogP contribution in [0.3, 0.4) is 0 Å². The van der Waals surface area contributed by atoms with E-state index in [1.807, 2.05) is 30.3 Å². The molecule has 1 aliphatic rings. The first kappa shape index (κ1) is 16.5. The standard InChI is InChI=1S/C18H20N2O3S/c1-2-10-19-15-8-9-18-17(12-15)23-13-16(20-24(18,21)22)11-14-6-4-3-5-7-14/h2-9,12,16,19-20H,1,10-11,13H2/t16-/m0/s1. The van der Waals surface area contributed by atoms with Crippen molar-refractivity contribution in [1.82, 2.24) is 4.72 Å². The van der Waals surface area contributed by atoms with Crippen LogP contribution < -0.4 is 14.8 Å². The predicted octanol–water partition coefficient (Wildman–Crippen LogP) is 2.57. The summed E-state index contributed by atoms with van der Waals surface area (Å²) in [5.74, 6) is 0.368. The SMILES string of the molecule is C=CCNc1ccc2c(c1)OC[C@H](Cc1ccccc1)NS2(=O)=O. The van der Waals surface area contributed by atoms with Gasteiger partial charge in [-0.1, -0.05) is 36.4 Å². The smallest absolute Gasteiger partial charge is 0.244 e. The third-order valence-electron chi connectivity index (χ3n) is 3.77.